The molecule has 150 valence electrons. The fourth-order valence-electron chi connectivity index (χ4n) is 4.13. The maximum Gasteiger partial charge on any atom is 0.227 e. The number of carbonyl (C=O) groups is 1. The number of rotatable bonds is 3. The average molecular weight is 417 g/mol. The lowest BCUT2D eigenvalue weighted by Crippen LogP contribution is -2.31. The van der Waals surface area contributed by atoms with E-state index >= 15 is 0 Å². The predicted molar refractivity (Wildman–Crippen MR) is 119 cm³/mol. The number of para-hydroxylation sites is 1. The van der Waals surface area contributed by atoms with Crippen LogP contribution in [0.3, 0.4) is 0 Å². The molecule has 30 heavy (non-hydrogen) atoms. The van der Waals surface area contributed by atoms with E-state index in [9.17, 15) is 4.79 Å². The molecule has 0 spiro atoms. The molecule has 5 rings (SSSR count). The van der Waals surface area contributed by atoms with Crippen molar-refractivity contribution in [1.82, 2.24) is 19.4 Å². The third kappa shape index (κ3) is 3.51. The zero-order chi connectivity index (χ0) is 20.7. The van der Waals surface area contributed by atoms with Crippen LogP contribution < -0.4 is 0 Å². The molecule has 2 aromatic heterocycles. The molecule has 0 fully saturated rings. The molecule has 0 radical (unpaired) electrons. The highest BCUT2D eigenvalue weighted by atomic mass is 35.5. The Morgan fingerprint density at radius 3 is 2.73 bits per heavy atom. The largest absolute Gasteiger partial charge is 0.294 e. The molecule has 1 aliphatic heterocycles. The van der Waals surface area contributed by atoms with Crippen molar-refractivity contribution in [2.24, 2.45) is 0 Å². The molecule has 0 saturated carbocycles. The minimum atomic E-state index is 0.0320. The van der Waals surface area contributed by atoms with Crippen molar-refractivity contribution >= 4 is 28.4 Å². The van der Waals surface area contributed by atoms with Gasteiger partial charge in [-0.25, -0.2) is 9.97 Å². The summed E-state index contributed by atoms with van der Waals surface area (Å²) in [7, 11) is 0. The Morgan fingerprint density at radius 2 is 1.93 bits per heavy atom. The molecule has 0 N–H and O–H groups in total. The quantitative estimate of drug-likeness (QED) is 0.473. The number of benzene rings is 2. The molecule has 0 bridgehead atoms. The van der Waals surface area contributed by atoms with Gasteiger partial charge in [0.1, 0.15) is 0 Å². The number of aromatic nitrogens is 3. The van der Waals surface area contributed by atoms with Crippen molar-refractivity contribution in [3.8, 4) is 11.4 Å². The Bertz CT molecular complexity index is 1250. The van der Waals surface area contributed by atoms with Crippen molar-refractivity contribution in [2.75, 3.05) is 6.54 Å². The van der Waals surface area contributed by atoms with Gasteiger partial charge in [-0.2, -0.15) is 0 Å². The number of carbonyl (C=O) groups excluding carboxylic acids is 1. The lowest BCUT2D eigenvalue weighted by atomic mass is 10.1. The van der Waals surface area contributed by atoms with Crippen molar-refractivity contribution < 1.29 is 4.79 Å². The lowest BCUT2D eigenvalue weighted by molar-refractivity contribution is 0.0941. The van der Waals surface area contributed by atoms with Crippen LogP contribution >= 0.6 is 11.6 Å². The van der Waals surface area contributed by atoms with Crippen LogP contribution in [0.25, 0.3) is 22.3 Å². The third-order valence-electron chi connectivity index (χ3n) is 5.64. The van der Waals surface area contributed by atoms with E-state index in [1.807, 2.05) is 54.9 Å². The number of nitrogens with zero attached hydrogens (tertiary/aromatic N) is 4. The normalized spacial score (nSPS) is 14.1. The first kappa shape index (κ1) is 19.0. The molecule has 4 aromatic rings. The second-order valence-electron chi connectivity index (χ2n) is 7.69. The highest BCUT2D eigenvalue weighted by molar-refractivity contribution is 6.30. The van der Waals surface area contributed by atoms with Crippen LogP contribution in [0.2, 0.25) is 5.02 Å². The molecule has 0 saturated heterocycles. The minimum absolute atomic E-state index is 0.0320. The van der Waals surface area contributed by atoms with E-state index in [1.54, 1.807) is 11.5 Å². The van der Waals surface area contributed by atoms with Gasteiger partial charge in [-0.1, -0.05) is 29.8 Å². The summed E-state index contributed by atoms with van der Waals surface area (Å²) in [5, 5.41) is 1.84. The van der Waals surface area contributed by atoms with Crippen LogP contribution in [-0.4, -0.2) is 31.9 Å². The first-order chi connectivity index (χ1) is 14.6. The summed E-state index contributed by atoms with van der Waals surface area (Å²) in [5.41, 5.74) is 5.38. The Kier molecular flexibility index (Phi) is 4.85. The molecule has 0 aliphatic carbocycles. The molecular formula is C24H21ClN4O. The van der Waals surface area contributed by atoms with Gasteiger partial charge in [-0.05, 0) is 35.9 Å². The maximum atomic E-state index is 12.0. The van der Waals surface area contributed by atoms with Gasteiger partial charge < -0.3 is 0 Å². The molecule has 1 aliphatic rings. The Morgan fingerprint density at radius 1 is 1.13 bits per heavy atom. The SMILES string of the molecule is CC(=O)n1cc(CN2CCc3nc(-c4ccc(Cl)cc4)ncc3C2)c2ccccc21. The molecule has 5 nitrogen and oxygen atoms in total. The zero-order valence-electron chi connectivity index (χ0n) is 16.7. The number of fused-ring (bicyclic) bond motifs is 2. The van der Waals surface area contributed by atoms with Crippen LogP contribution in [0.15, 0.2) is 60.9 Å². The third-order valence-corrected chi connectivity index (χ3v) is 5.90. The fraction of sp³-hybridized carbons (Fsp3) is 0.208. The van der Waals surface area contributed by atoms with Crippen LogP contribution in [0.4, 0.5) is 0 Å². The number of hydrogen-bond acceptors (Lipinski definition) is 4. The summed E-state index contributed by atoms with van der Waals surface area (Å²) in [6.45, 7) is 4.11. The molecule has 6 heteroatoms. The van der Waals surface area contributed by atoms with Crippen molar-refractivity contribution in [3.63, 3.8) is 0 Å². The molecule has 0 atom stereocenters. The van der Waals surface area contributed by atoms with Crippen LogP contribution in [0.1, 0.15) is 28.5 Å². The van der Waals surface area contributed by atoms with E-state index in [4.69, 9.17) is 16.6 Å². The van der Waals surface area contributed by atoms with E-state index < -0.39 is 0 Å². The van der Waals surface area contributed by atoms with Crippen LogP contribution in [0.5, 0.6) is 0 Å². The minimum Gasteiger partial charge on any atom is -0.294 e. The second-order valence-corrected chi connectivity index (χ2v) is 8.13. The van der Waals surface area contributed by atoms with Crippen LogP contribution in [-0.2, 0) is 19.5 Å². The van der Waals surface area contributed by atoms with Gasteiger partial charge >= 0.3 is 0 Å². The first-order valence-corrected chi connectivity index (χ1v) is 10.4. The molecular weight excluding hydrogens is 396 g/mol. The summed E-state index contributed by atoms with van der Waals surface area (Å²) < 4.78 is 1.74. The fourth-order valence-corrected chi connectivity index (χ4v) is 4.25. The highest BCUT2D eigenvalue weighted by Gasteiger charge is 2.21. The van der Waals surface area contributed by atoms with Crippen molar-refractivity contribution in [1.29, 1.82) is 0 Å². The van der Waals surface area contributed by atoms with E-state index in [0.717, 1.165) is 59.6 Å². The van der Waals surface area contributed by atoms with E-state index in [-0.39, 0.29) is 5.91 Å². The Labute approximate surface area is 179 Å². The Hall–Kier alpha value is -3.02. The van der Waals surface area contributed by atoms with Gasteiger partial charge in [-0.3, -0.25) is 14.3 Å². The average Bonchev–Trinajstić information content (AvgIpc) is 3.13. The predicted octanol–water partition coefficient (Wildman–Crippen LogP) is 4.97. The van der Waals surface area contributed by atoms with Crippen LogP contribution in [0, 0.1) is 0 Å². The van der Waals surface area contributed by atoms with Crippen molar-refractivity contribution in [2.45, 2.75) is 26.4 Å². The molecule has 0 unspecified atom stereocenters. The van der Waals surface area contributed by atoms with E-state index in [0.29, 0.717) is 5.02 Å². The summed E-state index contributed by atoms with van der Waals surface area (Å²) in [5.74, 6) is 0.771. The number of hydrogen-bond donors (Lipinski definition) is 0. The smallest absolute Gasteiger partial charge is 0.227 e. The topological polar surface area (TPSA) is 51.0 Å². The van der Waals surface area contributed by atoms with E-state index in [2.05, 4.69) is 16.0 Å². The van der Waals surface area contributed by atoms with Gasteiger partial charge in [0.2, 0.25) is 5.91 Å². The summed E-state index contributed by atoms with van der Waals surface area (Å²) in [6.07, 6.45) is 4.80. The molecule has 2 aromatic carbocycles. The van der Waals surface area contributed by atoms with Gasteiger partial charge in [0.05, 0.1) is 11.2 Å². The highest BCUT2D eigenvalue weighted by Crippen LogP contribution is 2.26. The summed E-state index contributed by atoms with van der Waals surface area (Å²) in [6, 6.07) is 15.7. The Balaban J connectivity index is 1.38. The van der Waals surface area contributed by atoms with Gasteiger partial charge in [0, 0.05) is 66.9 Å². The summed E-state index contributed by atoms with van der Waals surface area (Å²) >= 11 is 5.99. The monoisotopic (exact) mass is 416 g/mol. The van der Waals surface area contributed by atoms with E-state index in [1.165, 1.54) is 5.56 Å². The standard InChI is InChI=1S/C24H21ClN4O/c1-16(30)29-15-19(21-4-2-3-5-23(21)29)14-28-11-10-22-18(13-28)12-26-24(27-22)17-6-8-20(25)9-7-17/h2-9,12,15H,10-11,13-14H2,1H3. The summed E-state index contributed by atoms with van der Waals surface area (Å²) in [4.78, 5) is 23.8. The molecule has 3 heterocycles. The number of halogens is 1. The van der Waals surface area contributed by atoms with Gasteiger partial charge in [-0.15, -0.1) is 0 Å². The van der Waals surface area contributed by atoms with Gasteiger partial charge in [0.15, 0.2) is 5.82 Å². The first-order valence-electron chi connectivity index (χ1n) is 10.0. The zero-order valence-corrected chi connectivity index (χ0v) is 17.4. The lowest BCUT2D eigenvalue weighted by Gasteiger charge is -2.27. The second kappa shape index (κ2) is 7.67. The van der Waals surface area contributed by atoms with Crippen molar-refractivity contribution in [3.05, 3.63) is 82.8 Å². The molecule has 0 amide bonds. The maximum absolute atomic E-state index is 12.0. The van der Waals surface area contributed by atoms with Gasteiger partial charge in [0.25, 0.3) is 0 Å².